The van der Waals surface area contributed by atoms with Gasteiger partial charge in [-0.25, -0.2) is 4.98 Å². The maximum absolute atomic E-state index is 6.31. The van der Waals surface area contributed by atoms with E-state index in [0.717, 1.165) is 38.4 Å². The van der Waals surface area contributed by atoms with Crippen molar-refractivity contribution in [1.29, 1.82) is 0 Å². The number of aromatic nitrogens is 4. The van der Waals surface area contributed by atoms with E-state index in [1.807, 2.05) is 24.1 Å². The van der Waals surface area contributed by atoms with Crippen molar-refractivity contribution < 1.29 is 4.74 Å². The first-order valence-electron chi connectivity index (χ1n) is 8.62. The molecule has 3 aromatic rings. The van der Waals surface area contributed by atoms with Crippen molar-refractivity contribution in [3.8, 4) is 11.3 Å². The molecule has 130 valence electrons. The summed E-state index contributed by atoms with van der Waals surface area (Å²) in [6.07, 6.45) is 7.10. The summed E-state index contributed by atoms with van der Waals surface area (Å²) in [5, 5.41) is 8.58. The lowest BCUT2D eigenvalue weighted by Gasteiger charge is -2.35. The number of thiophene rings is 1. The van der Waals surface area contributed by atoms with Gasteiger partial charge in [-0.2, -0.15) is 16.4 Å². The molecule has 0 saturated carbocycles. The Morgan fingerprint density at radius 1 is 1.32 bits per heavy atom. The number of hydrogen-bond donors (Lipinski definition) is 0. The Labute approximate surface area is 150 Å². The zero-order valence-electron chi connectivity index (χ0n) is 14.3. The van der Waals surface area contributed by atoms with Gasteiger partial charge >= 0.3 is 0 Å². The minimum absolute atomic E-state index is 0.0965. The molecule has 0 N–H and O–H groups in total. The average molecular weight is 355 g/mol. The summed E-state index contributed by atoms with van der Waals surface area (Å²) in [6.45, 7) is 4.45. The molecule has 0 bridgehead atoms. The zero-order valence-corrected chi connectivity index (χ0v) is 15.1. The highest BCUT2D eigenvalue weighted by molar-refractivity contribution is 7.08. The molecule has 2 aliphatic heterocycles. The molecule has 7 heteroatoms. The number of fused-ring (bicyclic) bond motifs is 1. The third-order valence-corrected chi connectivity index (χ3v) is 5.95. The molecule has 6 nitrogen and oxygen atoms in total. The maximum atomic E-state index is 6.31. The Hall–Kier alpha value is -1.96. The van der Waals surface area contributed by atoms with Crippen LogP contribution in [0.5, 0.6) is 0 Å². The smallest absolute Gasteiger partial charge is 0.135 e. The molecule has 5 rings (SSSR count). The summed E-state index contributed by atoms with van der Waals surface area (Å²) >= 11 is 1.73. The lowest BCUT2D eigenvalue weighted by molar-refractivity contribution is -0.0821. The molecule has 2 aliphatic rings. The molecule has 1 fully saturated rings. The Balaban J connectivity index is 1.36. The lowest BCUT2D eigenvalue weighted by atomic mass is 10.0. The lowest BCUT2D eigenvalue weighted by Crippen LogP contribution is -2.44. The normalized spacial score (nSPS) is 23.4. The van der Waals surface area contributed by atoms with Crippen LogP contribution in [0, 0.1) is 0 Å². The first-order valence-corrected chi connectivity index (χ1v) is 9.56. The number of ether oxygens (including phenoxy) is 1. The highest BCUT2D eigenvalue weighted by Gasteiger charge is 2.43. The van der Waals surface area contributed by atoms with Gasteiger partial charge < -0.3 is 9.30 Å². The Morgan fingerprint density at radius 2 is 2.28 bits per heavy atom. The molecule has 1 saturated heterocycles. The van der Waals surface area contributed by atoms with Gasteiger partial charge in [0.2, 0.25) is 0 Å². The first-order chi connectivity index (χ1) is 12.2. The molecule has 0 amide bonds. The Morgan fingerprint density at radius 3 is 3.08 bits per heavy atom. The van der Waals surface area contributed by atoms with Crippen molar-refractivity contribution in [3.05, 3.63) is 46.8 Å². The number of imidazole rings is 1. The summed E-state index contributed by atoms with van der Waals surface area (Å²) in [7, 11) is 1.96. The van der Waals surface area contributed by atoms with Crippen molar-refractivity contribution in [1.82, 2.24) is 24.2 Å². The molecule has 25 heavy (non-hydrogen) atoms. The quantitative estimate of drug-likeness (QED) is 0.724. The van der Waals surface area contributed by atoms with Crippen molar-refractivity contribution in [3.63, 3.8) is 0 Å². The second kappa shape index (κ2) is 5.79. The van der Waals surface area contributed by atoms with E-state index in [0.29, 0.717) is 6.61 Å². The molecule has 0 unspecified atom stereocenters. The van der Waals surface area contributed by atoms with E-state index in [1.54, 1.807) is 11.3 Å². The fraction of sp³-hybridized carbons (Fsp3) is 0.444. The van der Waals surface area contributed by atoms with Crippen molar-refractivity contribution in [2.24, 2.45) is 7.05 Å². The van der Waals surface area contributed by atoms with E-state index < -0.39 is 0 Å². The van der Waals surface area contributed by atoms with Crippen LogP contribution in [0.1, 0.15) is 17.8 Å². The number of likely N-dealkylation sites (tertiary alicyclic amines) is 1. The van der Waals surface area contributed by atoms with E-state index >= 15 is 0 Å². The number of aryl methyl sites for hydroxylation is 1. The van der Waals surface area contributed by atoms with Crippen LogP contribution in [0.2, 0.25) is 0 Å². The maximum Gasteiger partial charge on any atom is 0.135 e. The Bertz CT molecular complexity index is 883. The van der Waals surface area contributed by atoms with Gasteiger partial charge in [-0.3, -0.25) is 9.58 Å². The predicted molar refractivity (Wildman–Crippen MR) is 96.2 cm³/mol. The van der Waals surface area contributed by atoms with Crippen LogP contribution >= 0.6 is 11.3 Å². The van der Waals surface area contributed by atoms with Crippen molar-refractivity contribution in [2.45, 2.75) is 31.7 Å². The molecule has 5 heterocycles. The SMILES string of the molecule is Cn1cc(CN2CC[C@@]3(C2)Cn2c(-c4ccsc4)cnc2CO3)cn1. The predicted octanol–water partition coefficient (Wildman–Crippen LogP) is 2.52. The van der Waals surface area contributed by atoms with E-state index in [-0.39, 0.29) is 5.60 Å². The molecule has 0 radical (unpaired) electrons. The third kappa shape index (κ3) is 2.72. The number of rotatable bonds is 3. The molecule has 0 aliphatic carbocycles. The molecular formula is C18H21N5OS. The van der Waals surface area contributed by atoms with Crippen LogP contribution < -0.4 is 0 Å². The van der Waals surface area contributed by atoms with Gasteiger partial charge in [0.05, 0.1) is 24.6 Å². The van der Waals surface area contributed by atoms with E-state index in [4.69, 9.17) is 4.74 Å². The molecule has 1 spiro atoms. The zero-order chi connectivity index (χ0) is 16.9. The van der Waals surface area contributed by atoms with Crippen molar-refractivity contribution in [2.75, 3.05) is 13.1 Å². The summed E-state index contributed by atoms with van der Waals surface area (Å²) < 4.78 is 10.5. The van der Waals surface area contributed by atoms with Crippen LogP contribution in [0.15, 0.2) is 35.4 Å². The fourth-order valence-electron chi connectivity index (χ4n) is 4.02. The third-order valence-electron chi connectivity index (χ3n) is 5.27. The van der Waals surface area contributed by atoms with Gasteiger partial charge in [0, 0.05) is 49.4 Å². The van der Waals surface area contributed by atoms with Crippen LogP contribution in [0.25, 0.3) is 11.3 Å². The molecule has 0 aromatic carbocycles. The monoisotopic (exact) mass is 355 g/mol. The minimum atomic E-state index is -0.0965. The van der Waals surface area contributed by atoms with Gasteiger partial charge in [0.15, 0.2) is 0 Å². The van der Waals surface area contributed by atoms with Gasteiger partial charge in [0.1, 0.15) is 18.0 Å². The van der Waals surface area contributed by atoms with Crippen LogP contribution in [-0.4, -0.2) is 42.9 Å². The van der Waals surface area contributed by atoms with Gasteiger partial charge in [-0.15, -0.1) is 0 Å². The first kappa shape index (κ1) is 15.3. The standard InChI is InChI=1S/C18H21N5OS/c1-21-8-14(6-20-21)9-22-4-3-18(12-22)13-23-16(15-2-5-25-11-15)7-19-17(23)10-24-18/h2,5-8,11H,3-4,9-10,12-13H2,1H3/t18-/m1/s1. The number of nitrogens with zero attached hydrogens (tertiary/aromatic N) is 5. The second-order valence-electron chi connectivity index (χ2n) is 7.11. The molecular weight excluding hydrogens is 334 g/mol. The summed E-state index contributed by atoms with van der Waals surface area (Å²) in [4.78, 5) is 7.05. The molecule has 1 atom stereocenters. The highest BCUT2D eigenvalue weighted by atomic mass is 32.1. The van der Waals surface area contributed by atoms with Gasteiger partial charge in [-0.05, 0) is 17.9 Å². The van der Waals surface area contributed by atoms with E-state index in [1.165, 1.54) is 16.8 Å². The summed E-state index contributed by atoms with van der Waals surface area (Å²) in [5.74, 6) is 1.04. The molecule has 3 aromatic heterocycles. The number of hydrogen-bond acceptors (Lipinski definition) is 5. The van der Waals surface area contributed by atoms with Crippen LogP contribution in [-0.2, 0) is 31.5 Å². The summed E-state index contributed by atoms with van der Waals surface area (Å²) in [5.41, 5.74) is 3.63. The highest BCUT2D eigenvalue weighted by Crippen LogP contribution is 2.35. The largest absolute Gasteiger partial charge is 0.364 e. The minimum Gasteiger partial charge on any atom is -0.364 e. The van der Waals surface area contributed by atoms with Gasteiger partial charge in [-0.1, -0.05) is 0 Å². The van der Waals surface area contributed by atoms with Crippen LogP contribution in [0.3, 0.4) is 0 Å². The topological polar surface area (TPSA) is 48.1 Å². The van der Waals surface area contributed by atoms with Crippen molar-refractivity contribution >= 4 is 11.3 Å². The van der Waals surface area contributed by atoms with Gasteiger partial charge in [0.25, 0.3) is 0 Å². The van der Waals surface area contributed by atoms with E-state index in [2.05, 4.69) is 42.6 Å². The fourth-order valence-corrected chi connectivity index (χ4v) is 4.67. The average Bonchev–Trinajstić information content (AvgIpc) is 3.36. The van der Waals surface area contributed by atoms with Crippen LogP contribution in [0.4, 0.5) is 0 Å². The van der Waals surface area contributed by atoms with E-state index in [9.17, 15) is 0 Å². The second-order valence-corrected chi connectivity index (χ2v) is 7.89. The summed E-state index contributed by atoms with van der Waals surface area (Å²) in [6, 6.07) is 2.17. The Kier molecular flexibility index (Phi) is 3.55.